The van der Waals surface area contributed by atoms with Crippen LogP contribution in [0.3, 0.4) is 0 Å². The summed E-state index contributed by atoms with van der Waals surface area (Å²) in [7, 11) is -1.89. The van der Waals surface area contributed by atoms with Gasteiger partial charge >= 0.3 is 8.03 Å². The predicted molar refractivity (Wildman–Crippen MR) is 34.5 cm³/mol. The van der Waals surface area contributed by atoms with Crippen LogP contribution in [-0.4, -0.2) is 23.6 Å². The Morgan fingerprint density at radius 2 is 2.00 bits per heavy atom. The van der Waals surface area contributed by atoms with Crippen LogP contribution in [0.25, 0.3) is 0 Å². The SMILES string of the molecule is O=[P+](O)C1CC[NH2+]CC1. The fourth-order valence-corrected chi connectivity index (χ4v) is 1.87. The van der Waals surface area contributed by atoms with Gasteiger partial charge in [0.15, 0.2) is 5.66 Å². The normalized spacial score (nSPS) is 23.9. The van der Waals surface area contributed by atoms with Gasteiger partial charge in [-0.05, 0) is 4.57 Å². The minimum absolute atomic E-state index is 0.0880. The Hall–Kier alpha value is 0.0200. The van der Waals surface area contributed by atoms with E-state index in [0.717, 1.165) is 25.9 Å². The highest BCUT2D eigenvalue weighted by molar-refractivity contribution is 7.38. The highest BCUT2D eigenvalue weighted by Gasteiger charge is 2.31. The zero-order valence-electron chi connectivity index (χ0n) is 5.29. The van der Waals surface area contributed by atoms with Crippen molar-refractivity contribution in [2.45, 2.75) is 18.5 Å². The number of nitrogens with two attached hydrogens (primary N) is 1. The Labute approximate surface area is 55.3 Å². The quantitative estimate of drug-likeness (QED) is 0.491. The van der Waals surface area contributed by atoms with E-state index in [-0.39, 0.29) is 5.66 Å². The Morgan fingerprint density at radius 3 is 2.33 bits per heavy atom. The molecule has 1 rings (SSSR count). The van der Waals surface area contributed by atoms with Crippen LogP contribution in [0.4, 0.5) is 0 Å². The van der Waals surface area contributed by atoms with Gasteiger partial charge in [0.2, 0.25) is 0 Å². The Balaban J connectivity index is 2.31. The van der Waals surface area contributed by atoms with Gasteiger partial charge in [0.1, 0.15) is 0 Å². The first-order chi connectivity index (χ1) is 4.30. The smallest absolute Gasteiger partial charge is 0.346 e. The average Bonchev–Trinajstić information content (AvgIpc) is 1.90. The zero-order valence-corrected chi connectivity index (χ0v) is 6.18. The lowest BCUT2D eigenvalue weighted by Crippen LogP contribution is -2.86. The van der Waals surface area contributed by atoms with Crippen molar-refractivity contribution in [1.29, 1.82) is 0 Å². The lowest BCUT2D eigenvalue weighted by molar-refractivity contribution is -0.661. The second kappa shape index (κ2) is 3.25. The van der Waals surface area contributed by atoms with Crippen molar-refractivity contribution in [3.63, 3.8) is 0 Å². The van der Waals surface area contributed by atoms with Gasteiger partial charge in [0.05, 0.1) is 13.1 Å². The van der Waals surface area contributed by atoms with Crippen molar-refractivity contribution in [2.75, 3.05) is 13.1 Å². The van der Waals surface area contributed by atoms with Gasteiger partial charge in [-0.1, -0.05) is 0 Å². The van der Waals surface area contributed by atoms with E-state index >= 15 is 0 Å². The molecule has 3 nitrogen and oxygen atoms in total. The fourth-order valence-electron chi connectivity index (χ4n) is 1.13. The van der Waals surface area contributed by atoms with Gasteiger partial charge in [0, 0.05) is 12.8 Å². The summed E-state index contributed by atoms with van der Waals surface area (Å²) >= 11 is 0. The fraction of sp³-hybridized carbons (Fsp3) is 1.00. The molecule has 9 heavy (non-hydrogen) atoms. The Morgan fingerprint density at radius 1 is 1.44 bits per heavy atom. The summed E-state index contributed by atoms with van der Waals surface area (Å²) in [6, 6.07) is 0. The molecule has 0 aromatic carbocycles. The van der Waals surface area contributed by atoms with Crippen LogP contribution in [0, 0.1) is 0 Å². The van der Waals surface area contributed by atoms with E-state index in [4.69, 9.17) is 4.89 Å². The van der Waals surface area contributed by atoms with Gasteiger partial charge in [-0.25, -0.2) is 0 Å². The summed E-state index contributed by atoms with van der Waals surface area (Å²) in [6.45, 7) is 2.04. The standard InChI is InChI=1S/C5H10NO2P/c7-9(8)5-1-3-6-4-2-5/h5-6H,1-4H2/p+2. The zero-order chi connectivity index (χ0) is 6.69. The molecule has 4 heteroatoms. The minimum atomic E-state index is -1.89. The first kappa shape index (κ1) is 7.13. The summed E-state index contributed by atoms with van der Waals surface area (Å²) in [6.07, 6.45) is 1.82. The first-order valence-corrected chi connectivity index (χ1v) is 4.56. The molecule has 0 aliphatic carbocycles. The molecule has 0 aromatic rings. The number of rotatable bonds is 1. The second-order valence-electron chi connectivity index (χ2n) is 2.40. The highest BCUT2D eigenvalue weighted by Crippen LogP contribution is 2.27. The topological polar surface area (TPSA) is 53.9 Å². The molecule has 1 fully saturated rings. The molecule has 0 bridgehead atoms. The number of hydrogen-bond acceptors (Lipinski definition) is 1. The van der Waals surface area contributed by atoms with E-state index in [9.17, 15) is 4.57 Å². The van der Waals surface area contributed by atoms with Crippen molar-refractivity contribution >= 4 is 8.03 Å². The third-order valence-corrected chi connectivity index (χ3v) is 2.86. The van der Waals surface area contributed by atoms with Gasteiger partial charge in [-0.15, -0.1) is 0 Å². The molecular weight excluding hydrogens is 137 g/mol. The maximum absolute atomic E-state index is 10.5. The molecule has 1 atom stereocenters. The van der Waals surface area contributed by atoms with Crippen LogP contribution >= 0.6 is 8.03 Å². The molecule has 3 N–H and O–H groups in total. The van der Waals surface area contributed by atoms with Crippen molar-refractivity contribution in [3.05, 3.63) is 0 Å². The largest absolute Gasteiger partial charge is 0.509 e. The predicted octanol–water partition coefficient (Wildman–Crippen LogP) is -0.553. The summed E-state index contributed by atoms with van der Waals surface area (Å²) in [5, 5.41) is 2.19. The van der Waals surface area contributed by atoms with E-state index in [2.05, 4.69) is 5.32 Å². The number of piperidine rings is 1. The molecule has 0 amide bonds. The molecule has 0 radical (unpaired) electrons. The monoisotopic (exact) mass is 149 g/mol. The Bertz CT molecular complexity index is 112. The molecule has 0 spiro atoms. The van der Waals surface area contributed by atoms with Crippen molar-refractivity contribution in [3.8, 4) is 0 Å². The number of quaternary nitrogens is 1. The van der Waals surface area contributed by atoms with Crippen molar-refractivity contribution in [1.82, 2.24) is 0 Å². The van der Waals surface area contributed by atoms with Gasteiger partial charge < -0.3 is 5.32 Å². The average molecular weight is 149 g/mol. The van der Waals surface area contributed by atoms with E-state index in [1.807, 2.05) is 0 Å². The molecule has 0 saturated carbocycles. The molecule has 1 heterocycles. The van der Waals surface area contributed by atoms with E-state index in [1.165, 1.54) is 0 Å². The molecule has 1 aliphatic rings. The lowest BCUT2D eigenvalue weighted by atomic mass is 10.2. The second-order valence-corrected chi connectivity index (χ2v) is 3.74. The van der Waals surface area contributed by atoms with E-state index in [1.54, 1.807) is 0 Å². The van der Waals surface area contributed by atoms with Crippen LogP contribution in [-0.2, 0) is 4.57 Å². The van der Waals surface area contributed by atoms with Crippen molar-refractivity contribution < 1.29 is 14.8 Å². The highest BCUT2D eigenvalue weighted by atomic mass is 31.1. The van der Waals surface area contributed by atoms with Crippen LogP contribution in [0.2, 0.25) is 0 Å². The Kier molecular flexibility index (Phi) is 2.58. The maximum Gasteiger partial charge on any atom is 0.509 e. The molecule has 1 unspecified atom stereocenters. The van der Waals surface area contributed by atoms with Crippen LogP contribution in [0.15, 0.2) is 0 Å². The molecule has 52 valence electrons. The lowest BCUT2D eigenvalue weighted by Gasteiger charge is -2.09. The van der Waals surface area contributed by atoms with Gasteiger partial charge in [-0.3, -0.25) is 0 Å². The van der Waals surface area contributed by atoms with E-state index in [0.29, 0.717) is 0 Å². The van der Waals surface area contributed by atoms with E-state index < -0.39 is 8.03 Å². The van der Waals surface area contributed by atoms with Gasteiger partial charge in [-0.2, -0.15) is 4.89 Å². The minimum Gasteiger partial charge on any atom is -0.346 e. The summed E-state index contributed by atoms with van der Waals surface area (Å²) in [4.78, 5) is 8.67. The molecular formula is C5H12NO2P+2. The first-order valence-electron chi connectivity index (χ1n) is 3.27. The summed E-state index contributed by atoms with van der Waals surface area (Å²) < 4.78 is 10.5. The molecule has 1 saturated heterocycles. The molecule has 1 aliphatic heterocycles. The van der Waals surface area contributed by atoms with Crippen LogP contribution < -0.4 is 5.32 Å². The third kappa shape index (κ3) is 2.01. The summed E-state index contributed by atoms with van der Waals surface area (Å²) in [5.41, 5.74) is 0.0880. The number of hydrogen-bond donors (Lipinski definition) is 2. The molecule has 0 aromatic heterocycles. The third-order valence-electron chi connectivity index (χ3n) is 1.72. The van der Waals surface area contributed by atoms with Crippen LogP contribution in [0.5, 0.6) is 0 Å². The maximum atomic E-state index is 10.5. The van der Waals surface area contributed by atoms with Crippen LogP contribution in [0.1, 0.15) is 12.8 Å². The summed E-state index contributed by atoms with van der Waals surface area (Å²) in [5.74, 6) is 0. The van der Waals surface area contributed by atoms with Crippen molar-refractivity contribution in [2.24, 2.45) is 0 Å². The van der Waals surface area contributed by atoms with Gasteiger partial charge in [0.25, 0.3) is 0 Å².